The quantitative estimate of drug-likeness (QED) is 0.0323. The van der Waals surface area contributed by atoms with E-state index in [1.807, 2.05) is 72.8 Å². The minimum absolute atomic E-state index is 0.0428. The zero-order valence-electron chi connectivity index (χ0n) is 31.2. The van der Waals surface area contributed by atoms with Crippen LogP contribution < -0.4 is 5.32 Å². The summed E-state index contributed by atoms with van der Waals surface area (Å²) in [6, 6.07) is 39.2. The minimum Gasteiger partial charge on any atom is -0.454 e. The number of ether oxygens (including phenoxy) is 2. The summed E-state index contributed by atoms with van der Waals surface area (Å²) in [4.78, 5) is 26.3. The summed E-state index contributed by atoms with van der Waals surface area (Å²) >= 11 is 0. The van der Waals surface area contributed by atoms with Gasteiger partial charge in [0.2, 0.25) is 5.91 Å². The van der Waals surface area contributed by atoms with Crippen LogP contribution in [0.2, 0.25) is 0 Å². The van der Waals surface area contributed by atoms with Gasteiger partial charge in [0.25, 0.3) is 0 Å². The molecule has 0 aliphatic rings. The topological polar surface area (TPSA) is 64.6 Å². The Morgan fingerprint density at radius 1 is 0.596 bits per heavy atom. The number of esters is 1. The molecule has 0 heterocycles. The normalized spacial score (nSPS) is 12.1. The highest BCUT2D eigenvalue weighted by Gasteiger charge is 2.38. The van der Waals surface area contributed by atoms with Gasteiger partial charge in [0.15, 0.2) is 0 Å². The van der Waals surface area contributed by atoms with Crippen molar-refractivity contribution in [3.8, 4) is 0 Å². The maximum Gasteiger partial charge on any atom is 0.338 e. The van der Waals surface area contributed by atoms with Crippen LogP contribution in [0.1, 0.15) is 124 Å². The average molecular weight is 702 g/mol. The molecule has 1 amide bonds. The molecule has 52 heavy (non-hydrogen) atoms. The Balaban J connectivity index is 1.32. The summed E-state index contributed by atoms with van der Waals surface area (Å²) in [5.74, 6) is -0.496. The maximum absolute atomic E-state index is 13.3. The van der Waals surface area contributed by atoms with E-state index >= 15 is 0 Å². The van der Waals surface area contributed by atoms with Crippen LogP contribution in [0.15, 0.2) is 133 Å². The Bertz CT molecular complexity index is 1460. The smallest absolute Gasteiger partial charge is 0.338 e. The zero-order chi connectivity index (χ0) is 36.5. The molecule has 0 radical (unpaired) electrons. The molecule has 4 rings (SSSR count). The van der Waals surface area contributed by atoms with Gasteiger partial charge in [-0.3, -0.25) is 4.79 Å². The molecular formula is C47H59NO4. The molecule has 0 fully saturated rings. The van der Waals surface area contributed by atoms with E-state index < -0.39 is 17.7 Å². The molecule has 0 bridgehead atoms. The third kappa shape index (κ3) is 13.6. The van der Waals surface area contributed by atoms with Crippen molar-refractivity contribution in [3.05, 3.63) is 156 Å². The molecule has 276 valence electrons. The number of carbonyl (C=O) groups excluding carboxylic acids is 2. The van der Waals surface area contributed by atoms with Crippen molar-refractivity contribution >= 4 is 11.9 Å². The number of unbranched alkanes of at least 4 members (excludes halogenated alkanes) is 11. The molecule has 1 unspecified atom stereocenters. The fraction of sp³-hybridized carbons (Fsp3) is 0.404. The Morgan fingerprint density at radius 3 is 1.54 bits per heavy atom. The second kappa shape index (κ2) is 23.9. The van der Waals surface area contributed by atoms with Crippen LogP contribution in [-0.2, 0) is 19.9 Å². The summed E-state index contributed by atoms with van der Waals surface area (Å²) in [5.41, 5.74) is 2.33. The summed E-state index contributed by atoms with van der Waals surface area (Å²) in [6.45, 7) is 2.47. The van der Waals surface area contributed by atoms with Gasteiger partial charge >= 0.3 is 5.97 Å². The number of carbonyl (C=O) groups is 2. The largest absolute Gasteiger partial charge is 0.454 e. The van der Waals surface area contributed by atoms with Gasteiger partial charge in [-0.1, -0.05) is 180 Å². The lowest BCUT2D eigenvalue weighted by molar-refractivity contribution is -0.122. The molecule has 0 saturated carbocycles. The van der Waals surface area contributed by atoms with E-state index in [-0.39, 0.29) is 19.1 Å². The summed E-state index contributed by atoms with van der Waals surface area (Å²) in [7, 11) is 0. The number of allylic oxidation sites excluding steroid dienone is 2. The standard InChI is InChI=1S/C47H59NO4/c1-2-3-4-5-6-7-8-9-10-11-12-13-14-15-28-37-45(49)48-38-44(52-46(50)40-29-20-16-21-30-40)39-51-47(41-31-22-17-23-32-41,42-33-24-18-25-34-42)43-35-26-19-27-36-43/h9-10,16-27,29-36,44H,2-8,11-15,28,37-39H2,1H3,(H,48,49)/b10-9-. The van der Waals surface area contributed by atoms with Crippen molar-refractivity contribution < 1.29 is 19.1 Å². The first-order valence-electron chi connectivity index (χ1n) is 19.6. The molecular weight excluding hydrogens is 643 g/mol. The van der Waals surface area contributed by atoms with Crippen molar-refractivity contribution in [3.63, 3.8) is 0 Å². The van der Waals surface area contributed by atoms with Gasteiger partial charge < -0.3 is 14.8 Å². The van der Waals surface area contributed by atoms with E-state index in [1.165, 1.54) is 57.8 Å². The third-order valence-corrected chi connectivity index (χ3v) is 9.50. The fourth-order valence-electron chi connectivity index (χ4n) is 6.59. The molecule has 0 aliphatic heterocycles. The first-order valence-corrected chi connectivity index (χ1v) is 19.6. The molecule has 0 aromatic heterocycles. The van der Waals surface area contributed by atoms with Gasteiger partial charge in [-0.15, -0.1) is 0 Å². The number of nitrogens with one attached hydrogen (secondary N) is 1. The molecule has 1 N–H and O–H groups in total. The highest BCUT2D eigenvalue weighted by atomic mass is 16.6. The van der Waals surface area contributed by atoms with Crippen molar-refractivity contribution in [2.24, 2.45) is 0 Å². The van der Waals surface area contributed by atoms with Gasteiger partial charge in [-0.25, -0.2) is 4.79 Å². The second-order valence-electron chi connectivity index (χ2n) is 13.6. The van der Waals surface area contributed by atoms with Gasteiger partial charge in [-0.2, -0.15) is 0 Å². The highest BCUT2D eigenvalue weighted by molar-refractivity contribution is 5.89. The molecule has 0 aliphatic carbocycles. The lowest BCUT2D eigenvalue weighted by Crippen LogP contribution is -2.41. The van der Waals surface area contributed by atoms with Crippen LogP contribution in [0.3, 0.4) is 0 Å². The van der Waals surface area contributed by atoms with Crippen LogP contribution in [0, 0.1) is 0 Å². The Kier molecular flexibility index (Phi) is 18.5. The van der Waals surface area contributed by atoms with Crippen LogP contribution in [0.4, 0.5) is 0 Å². The predicted molar refractivity (Wildman–Crippen MR) is 213 cm³/mol. The van der Waals surface area contributed by atoms with E-state index in [1.54, 1.807) is 12.1 Å². The van der Waals surface area contributed by atoms with E-state index in [2.05, 4.69) is 60.8 Å². The number of hydrogen-bond donors (Lipinski definition) is 1. The highest BCUT2D eigenvalue weighted by Crippen LogP contribution is 2.40. The number of hydrogen-bond acceptors (Lipinski definition) is 4. The molecule has 4 aromatic rings. The lowest BCUT2D eigenvalue weighted by Gasteiger charge is -2.37. The number of benzene rings is 4. The molecule has 0 spiro atoms. The van der Waals surface area contributed by atoms with Gasteiger partial charge in [0.05, 0.1) is 18.7 Å². The molecule has 4 aromatic carbocycles. The first kappa shape index (κ1) is 40.3. The number of amides is 1. The van der Waals surface area contributed by atoms with Crippen LogP contribution in [0.5, 0.6) is 0 Å². The summed E-state index contributed by atoms with van der Waals surface area (Å²) in [5, 5.41) is 3.04. The molecule has 1 atom stereocenters. The predicted octanol–water partition coefficient (Wildman–Crippen LogP) is 11.4. The van der Waals surface area contributed by atoms with Gasteiger partial charge in [0.1, 0.15) is 11.7 Å². The summed E-state index contributed by atoms with van der Waals surface area (Å²) < 4.78 is 13.0. The van der Waals surface area contributed by atoms with Crippen molar-refractivity contribution in [1.29, 1.82) is 0 Å². The van der Waals surface area contributed by atoms with Crippen LogP contribution in [0.25, 0.3) is 0 Å². The van der Waals surface area contributed by atoms with E-state index in [4.69, 9.17) is 9.47 Å². The molecule has 0 saturated heterocycles. The first-order chi connectivity index (χ1) is 25.6. The SMILES string of the molecule is CCCCCCCC/C=C\CCCCCCCC(=O)NCC(COC(c1ccccc1)(c1ccccc1)c1ccccc1)OC(=O)c1ccccc1. The van der Waals surface area contributed by atoms with Crippen molar-refractivity contribution in [2.75, 3.05) is 13.2 Å². The van der Waals surface area contributed by atoms with Crippen molar-refractivity contribution in [1.82, 2.24) is 5.32 Å². The Morgan fingerprint density at radius 2 is 1.04 bits per heavy atom. The minimum atomic E-state index is -0.977. The van der Waals surface area contributed by atoms with Gasteiger partial charge in [-0.05, 0) is 60.9 Å². The Hall–Kier alpha value is -4.48. The van der Waals surface area contributed by atoms with E-state index in [9.17, 15) is 9.59 Å². The molecule has 5 heteroatoms. The maximum atomic E-state index is 13.3. The monoisotopic (exact) mass is 701 g/mol. The summed E-state index contributed by atoms with van der Waals surface area (Å²) in [6.07, 6.45) is 20.2. The lowest BCUT2D eigenvalue weighted by atomic mass is 9.80. The van der Waals surface area contributed by atoms with Crippen molar-refractivity contribution in [2.45, 2.75) is 109 Å². The zero-order valence-corrected chi connectivity index (χ0v) is 31.2. The number of rotatable bonds is 25. The van der Waals surface area contributed by atoms with Gasteiger partial charge in [0, 0.05) is 6.42 Å². The van der Waals surface area contributed by atoms with E-state index in [0.717, 1.165) is 42.4 Å². The van der Waals surface area contributed by atoms with E-state index in [0.29, 0.717) is 12.0 Å². The van der Waals surface area contributed by atoms with Crippen LogP contribution in [-0.4, -0.2) is 31.1 Å². The second-order valence-corrected chi connectivity index (χ2v) is 13.6. The fourth-order valence-corrected chi connectivity index (χ4v) is 6.59. The van der Waals surface area contributed by atoms with Crippen LogP contribution >= 0.6 is 0 Å². The average Bonchev–Trinajstić information content (AvgIpc) is 3.20. The third-order valence-electron chi connectivity index (χ3n) is 9.50. The Labute approximate surface area is 312 Å². The molecule has 5 nitrogen and oxygen atoms in total.